The zero-order valence-corrected chi connectivity index (χ0v) is 12.6. The second-order valence-electron chi connectivity index (χ2n) is 6.36. The smallest absolute Gasteiger partial charge is 0.129 e. The molecule has 0 amide bonds. The van der Waals surface area contributed by atoms with Crippen molar-refractivity contribution in [1.82, 2.24) is 0 Å². The summed E-state index contributed by atoms with van der Waals surface area (Å²) in [7, 11) is 0. The predicted molar refractivity (Wildman–Crippen MR) is 78.9 cm³/mol. The van der Waals surface area contributed by atoms with Crippen LogP contribution in [0.3, 0.4) is 0 Å². The van der Waals surface area contributed by atoms with Crippen molar-refractivity contribution in [2.75, 3.05) is 0 Å². The summed E-state index contributed by atoms with van der Waals surface area (Å²) in [6.45, 7) is 0. The highest BCUT2D eigenvalue weighted by atomic mass is 35.5. The first-order valence-electron chi connectivity index (χ1n) is 7.37. The van der Waals surface area contributed by atoms with Gasteiger partial charge in [-0.1, -0.05) is 19.3 Å². The fourth-order valence-corrected chi connectivity index (χ4v) is 5.19. The van der Waals surface area contributed by atoms with Gasteiger partial charge in [-0.15, -0.1) is 23.2 Å². The maximum atomic E-state index is 11.2. The summed E-state index contributed by atoms with van der Waals surface area (Å²) in [4.78, 5) is 4.51. The molecule has 3 nitrogen and oxygen atoms in total. The standard InChI is InChI=1S/C14H22Cl2N2O/c15-9-6-10-12(11(16)7-9)18-13(17)14(10,19)8-4-2-1-3-5-8/h8-12,19H,1-7H2,(H2,17,18). The van der Waals surface area contributed by atoms with Crippen molar-refractivity contribution < 1.29 is 5.11 Å². The van der Waals surface area contributed by atoms with Crippen molar-refractivity contribution >= 4 is 29.0 Å². The Labute approximate surface area is 124 Å². The number of amidine groups is 1. The second-order valence-corrected chi connectivity index (χ2v) is 7.53. The van der Waals surface area contributed by atoms with Crippen LogP contribution in [0.4, 0.5) is 0 Å². The molecule has 0 aromatic rings. The van der Waals surface area contributed by atoms with E-state index in [0.29, 0.717) is 5.84 Å². The normalized spacial score (nSPS) is 47.8. The van der Waals surface area contributed by atoms with Crippen molar-refractivity contribution in [3.8, 4) is 0 Å². The molecule has 3 aliphatic rings. The van der Waals surface area contributed by atoms with Gasteiger partial charge in [0.05, 0.1) is 11.4 Å². The Morgan fingerprint density at radius 2 is 1.84 bits per heavy atom. The zero-order valence-electron chi connectivity index (χ0n) is 11.1. The highest BCUT2D eigenvalue weighted by Gasteiger charge is 2.57. The van der Waals surface area contributed by atoms with Crippen LogP contribution >= 0.6 is 23.2 Å². The number of nitrogens with two attached hydrogens (primary N) is 1. The lowest BCUT2D eigenvalue weighted by Crippen LogP contribution is -2.56. The molecule has 2 saturated carbocycles. The number of alkyl halides is 2. The molecule has 5 unspecified atom stereocenters. The molecule has 2 aliphatic carbocycles. The van der Waals surface area contributed by atoms with Crippen molar-refractivity contribution in [2.24, 2.45) is 22.6 Å². The molecule has 0 saturated heterocycles. The molecule has 5 heteroatoms. The molecule has 0 radical (unpaired) electrons. The van der Waals surface area contributed by atoms with Gasteiger partial charge in [0.25, 0.3) is 0 Å². The lowest BCUT2D eigenvalue weighted by atomic mass is 9.66. The predicted octanol–water partition coefficient (Wildman–Crippen LogP) is 2.66. The highest BCUT2D eigenvalue weighted by Crippen LogP contribution is 2.49. The maximum absolute atomic E-state index is 11.2. The Morgan fingerprint density at radius 1 is 1.16 bits per heavy atom. The number of halogens is 2. The van der Waals surface area contributed by atoms with Crippen LogP contribution in [-0.2, 0) is 0 Å². The number of rotatable bonds is 1. The topological polar surface area (TPSA) is 58.6 Å². The highest BCUT2D eigenvalue weighted by molar-refractivity contribution is 6.24. The summed E-state index contributed by atoms with van der Waals surface area (Å²) < 4.78 is 0. The van der Waals surface area contributed by atoms with Crippen LogP contribution in [0.1, 0.15) is 44.9 Å². The number of hydrogen-bond acceptors (Lipinski definition) is 3. The lowest BCUT2D eigenvalue weighted by Gasteiger charge is -2.44. The van der Waals surface area contributed by atoms with Crippen molar-refractivity contribution in [3.63, 3.8) is 0 Å². The van der Waals surface area contributed by atoms with E-state index in [9.17, 15) is 5.11 Å². The largest absolute Gasteiger partial charge is 0.385 e. The number of aliphatic hydroxyl groups is 1. The molecule has 1 heterocycles. The van der Waals surface area contributed by atoms with Gasteiger partial charge < -0.3 is 10.8 Å². The van der Waals surface area contributed by atoms with Gasteiger partial charge in [0.1, 0.15) is 11.4 Å². The summed E-state index contributed by atoms with van der Waals surface area (Å²) in [5.41, 5.74) is 5.14. The molecule has 1 aliphatic heterocycles. The quantitative estimate of drug-likeness (QED) is 0.732. The van der Waals surface area contributed by atoms with Crippen LogP contribution in [-0.4, -0.2) is 33.3 Å². The van der Waals surface area contributed by atoms with Gasteiger partial charge in [-0.05, 0) is 31.6 Å². The summed E-state index contributed by atoms with van der Waals surface area (Å²) >= 11 is 12.7. The summed E-state index contributed by atoms with van der Waals surface area (Å²) in [5, 5.41) is 11.2. The van der Waals surface area contributed by atoms with Gasteiger partial charge in [-0.25, -0.2) is 0 Å². The summed E-state index contributed by atoms with van der Waals surface area (Å²) in [6, 6.07) is -0.0522. The molecule has 3 rings (SSSR count). The van der Waals surface area contributed by atoms with E-state index < -0.39 is 5.60 Å². The van der Waals surface area contributed by atoms with Crippen LogP contribution in [0.15, 0.2) is 4.99 Å². The molecule has 2 fully saturated rings. The zero-order chi connectivity index (χ0) is 13.6. The Hall–Kier alpha value is 0.01000. The molecule has 19 heavy (non-hydrogen) atoms. The third-order valence-electron chi connectivity index (χ3n) is 5.26. The molecule has 0 aromatic heterocycles. The van der Waals surface area contributed by atoms with Crippen LogP contribution in [0.2, 0.25) is 0 Å². The average Bonchev–Trinajstić information content (AvgIpc) is 2.66. The van der Waals surface area contributed by atoms with Gasteiger partial charge in [-0.2, -0.15) is 0 Å². The Bertz CT molecular complexity index is 384. The Kier molecular flexibility index (Phi) is 3.74. The fourth-order valence-electron chi connectivity index (χ4n) is 4.27. The monoisotopic (exact) mass is 304 g/mol. The lowest BCUT2D eigenvalue weighted by molar-refractivity contribution is -0.0284. The molecule has 5 atom stereocenters. The molecule has 108 valence electrons. The molecular formula is C14H22Cl2N2O. The van der Waals surface area contributed by atoms with Crippen molar-refractivity contribution in [1.29, 1.82) is 0 Å². The van der Waals surface area contributed by atoms with E-state index in [1.54, 1.807) is 0 Å². The first-order chi connectivity index (χ1) is 9.03. The summed E-state index contributed by atoms with van der Waals surface area (Å²) in [6.07, 6.45) is 7.20. The van der Waals surface area contributed by atoms with Crippen LogP contribution in [0, 0.1) is 11.8 Å². The SMILES string of the molecule is NC1=NC2C(Cl)CC(Cl)CC2C1(O)C1CCCCC1. The van der Waals surface area contributed by atoms with Gasteiger partial charge in [0, 0.05) is 11.3 Å². The van der Waals surface area contributed by atoms with Crippen LogP contribution in [0.25, 0.3) is 0 Å². The minimum Gasteiger partial charge on any atom is -0.385 e. The van der Waals surface area contributed by atoms with E-state index >= 15 is 0 Å². The maximum Gasteiger partial charge on any atom is 0.129 e. The van der Waals surface area contributed by atoms with E-state index in [-0.39, 0.29) is 28.6 Å². The number of nitrogens with zero attached hydrogens (tertiary/aromatic N) is 1. The summed E-state index contributed by atoms with van der Waals surface area (Å²) in [5.74, 6) is 0.644. The Balaban J connectivity index is 1.89. The average molecular weight is 305 g/mol. The number of aliphatic imine (C=N–C) groups is 1. The molecule has 0 bridgehead atoms. The first kappa shape index (κ1) is 14.0. The molecule has 3 N–H and O–H groups in total. The van der Waals surface area contributed by atoms with E-state index in [2.05, 4.69) is 4.99 Å². The minimum absolute atomic E-state index is 0.00866. The fraction of sp³-hybridized carbons (Fsp3) is 0.929. The minimum atomic E-state index is -0.966. The third kappa shape index (κ3) is 2.18. The van der Waals surface area contributed by atoms with Gasteiger partial charge in [-0.3, -0.25) is 4.99 Å². The Morgan fingerprint density at radius 3 is 2.53 bits per heavy atom. The molecular weight excluding hydrogens is 283 g/mol. The number of hydrogen-bond donors (Lipinski definition) is 2. The van der Waals surface area contributed by atoms with Crippen molar-refractivity contribution in [3.05, 3.63) is 0 Å². The van der Waals surface area contributed by atoms with Crippen LogP contribution in [0.5, 0.6) is 0 Å². The van der Waals surface area contributed by atoms with Gasteiger partial charge >= 0.3 is 0 Å². The van der Waals surface area contributed by atoms with Gasteiger partial charge in [0.2, 0.25) is 0 Å². The number of fused-ring (bicyclic) bond motifs is 1. The molecule has 0 aromatic carbocycles. The first-order valence-corrected chi connectivity index (χ1v) is 8.25. The van der Waals surface area contributed by atoms with Crippen molar-refractivity contribution in [2.45, 2.75) is 67.3 Å². The second kappa shape index (κ2) is 5.09. The van der Waals surface area contributed by atoms with E-state index in [1.807, 2.05) is 0 Å². The van der Waals surface area contributed by atoms with Gasteiger partial charge in [0.15, 0.2) is 0 Å². The van der Waals surface area contributed by atoms with E-state index in [1.165, 1.54) is 19.3 Å². The molecule has 0 spiro atoms. The van der Waals surface area contributed by atoms with Crippen LogP contribution < -0.4 is 5.73 Å². The third-order valence-corrected chi connectivity index (χ3v) is 6.06. The van der Waals surface area contributed by atoms with E-state index in [4.69, 9.17) is 28.9 Å². The van der Waals surface area contributed by atoms with E-state index in [0.717, 1.165) is 25.7 Å².